The van der Waals surface area contributed by atoms with Gasteiger partial charge in [0.25, 0.3) is 5.91 Å². The van der Waals surface area contributed by atoms with Crippen LogP contribution in [0, 0.1) is 0 Å². The van der Waals surface area contributed by atoms with Crippen LogP contribution >= 0.6 is 0 Å². The molecule has 3 aromatic rings. The molecule has 0 aliphatic carbocycles. The quantitative estimate of drug-likeness (QED) is 0.346. The molecule has 0 radical (unpaired) electrons. The van der Waals surface area contributed by atoms with Gasteiger partial charge < -0.3 is 21.3 Å². The van der Waals surface area contributed by atoms with E-state index in [1.807, 2.05) is 28.9 Å². The highest BCUT2D eigenvalue weighted by molar-refractivity contribution is 6.01. The van der Waals surface area contributed by atoms with Crippen molar-refractivity contribution in [2.75, 3.05) is 22.5 Å². The van der Waals surface area contributed by atoms with Crippen LogP contribution in [-0.2, 0) is 11.3 Å². The number of hydrogen-bond donors (Lipinski definition) is 4. The third kappa shape index (κ3) is 5.97. The average molecular weight is 480 g/mol. The number of hydrogen-bond acceptors (Lipinski definition) is 6. The molecule has 3 heterocycles. The number of amides is 1. The lowest BCUT2D eigenvalue weighted by molar-refractivity contribution is -0.114. The van der Waals surface area contributed by atoms with Crippen LogP contribution < -0.4 is 21.3 Å². The molecule has 35 heavy (non-hydrogen) atoms. The van der Waals surface area contributed by atoms with Crippen molar-refractivity contribution in [3.05, 3.63) is 60.1 Å². The second-order valence-corrected chi connectivity index (χ2v) is 10.1. The summed E-state index contributed by atoms with van der Waals surface area (Å²) in [7, 11) is 0. The summed E-state index contributed by atoms with van der Waals surface area (Å²) in [6.07, 6.45) is 4.02. The number of piperidine rings is 1. The van der Waals surface area contributed by atoms with Crippen molar-refractivity contribution >= 4 is 28.9 Å². The Morgan fingerprint density at radius 3 is 2.83 bits per heavy atom. The van der Waals surface area contributed by atoms with Gasteiger partial charge in [0.05, 0.1) is 6.20 Å². The zero-order chi connectivity index (χ0) is 25.2. The van der Waals surface area contributed by atoms with E-state index in [0.29, 0.717) is 18.3 Å². The molecule has 186 valence electrons. The highest BCUT2D eigenvalue weighted by atomic mass is 19.1. The van der Waals surface area contributed by atoms with Crippen molar-refractivity contribution in [2.24, 2.45) is 0 Å². The van der Waals surface area contributed by atoms with E-state index in [1.165, 1.54) is 0 Å². The van der Waals surface area contributed by atoms with Gasteiger partial charge in [-0.2, -0.15) is 9.61 Å². The van der Waals surface area contributed by atoms with Gasteiger partial charge in [0, 0.05) is 42.0 Å². The lowest BCUT2D eigenvalue weighted by atomic mass is 9.91. The summed E-state index contributed by atoms with van der Waals surface area (Å²) in [5.41, 5.74) is 3.48. The summed E-state index contributed by atoms with van der Waals surface area (Å²) in [6, 6.07) is 9.51. The molecule has 4 rings (SSSR count). The lowest BCUT2D eigenvalue weighted by Crippen LogP contribution is -2.50. The van der Waals surface area contributed by atoms with Gasteiger partial charge >= 0.3 is 0 Å². The molecule has 0 unspecified atom stereocenters. The van der Waals surface area contributed by atoms with E-state index < -0.39 is 11.7 Å². The molecule has 4 N–H and O–H groups in total. The molecule has 2 aromatic heterocycles. The monoisotopic (exact) mass is 479 g/mol. The molecule has 0 saturated carbocycles. The van der Waals surface area contributed by atoms with Crippen LogP contribution in [0.1, 0.15) is 57.6 Å². The largest absolute Gasteiger partial charge is 0.366 e. The van der Waals surface area contributed by atoms with Gasteiger partial charge in [0.1, 0.15) is 11.6 Å². The number of fused-ring (bicyclic) bond motifs is 1. The molecule has 1 aliphatic rings. The standard InChI is InChI=1S/C26H34FN7O/c1-16(2)21-15-30-34-23(28-13-18-7-6-8-19(11-18)32-25(35)17(3)27)12-22(33-24(21)34)31-20-9-10-26(4,5)29-14-20/h6-8,11-12,15-16,20,28-29H,3,9-10,13-14H2,1-2,4-5H3,(H,31,33)(H,32,35)/t20-/m0/s1. The normalized spacial score (nSPS) is 17.4. The van der Waals surface area contributed by atoms with Crippen molar-refractivity contribution in [1.82, 2.24) is 19.9 Å². The number of carbonyl (C=O) groups is 1. The van der Waals surface area contributed by atoms with Gasteiger partial charge in [-0.1, -0.05) is 32.6 Å². The fraction of sp³-hybridized carbons (Fsp3) is 0.423. The number of carbonyl (C=O) groups excluding carboxylic acids is 1. The molecule has 0 bridgehead atoms. The fourth-order valence-electron chi connectivity index (χ4n) is 4.19. The van der Waals surface area contributed by atoms with Crippen LogP contribution in [0.5, 0.6) is 0 Å². The predicted octanol–water partition coefficient (Wildman–Crippen LogP) is 4.83. The number of anilines is 3. The molecule has 1 saturated heterocycles. The second kappa shape index (κ2) is 10.0. The van der Waals surface area contributed by atoms with E-state index in [9.17, 15) is 9.18 Å². The van der Waals surface area contributed by atoms with Crippen molar-refractivity contribution in [3.8, 4) is 0 Å². The minimum Gasteiger partial charge on any atom is -0.366 e. The maximum absolute atomic E-state index is 13.1. The summed E-state index contributed by atoms with van der Waals surface area (Å²) >= 11 is 0. The molecule has 1 aliphatic heterocycles. The summed E-state index contributed by atoms with van der Waals surface area (Å²) in [4.78, 5) is 16.5. The Hall–Kier alpha value is -3.46. The molecule has 1 aromatic carbocycles. The average Bonchev–Trinajstić information content (AvgIpc) is 3.23. The molecule has 8 nitrogen and oxygen atoms in total. The van der Waals surface area contributed by atoms with E-state index in [0.717, 1.165) is 47.8 Å². The molecular weight excluding hydrogens is 445 g/mol. The van der Waals surface area contributed by atoms with Gasteiger partial charge in [0.2, 0.25) is 0 Å². The maximum atomic E-state index is 13.1. The smallest absolute Gasteiger partial charge is 0.283 e. The lowest BCUT2D eigenvalue weighted by Gasteiger charge is -2.36. The van der Waals surface area contributed by atoms with E-state index in [4.69, 9.17) is 4.98 Å². The zero-order valence-electron chi connectivity index (χ0n) is 20.8. The Morgan fingerprint density at radius 1 is 1.34 bits per heavy atom. The summed E-state index contributed by atoms with van der Waals surface area (Å²) in [5, 5.41) is 17.7. The number of nitrogens with zero attached hydrogens (tertiary/aromatic N) is 3. The first kappa shape index (κ1) is 24.7. The Balaban J connectivity index is 1.56. The Labute approximate surface area is 205 Å². The van der Waals surface area contributed by atoms with Crippen LogP contribution in [0.4, 0.5) is 21.7 Å². The fourth-order valence-corrected chi connectivity index (χ4v) is 4.19. The Bertz CT molecular complexity index is 1220. The third-order valence-corrected chi connectivity index (χ3v) is 6.32. The van der Waals surface area contributed by atoms with Crippen LogP contribution in [0.25, 0.3) is 5.65 Å². The minimum atomic E-state index is -1.02. The first-order valence-corrected chi connectivity index (χ1v) is 12.0. The maximum Gasteiger partial charge on any atom is 0.283 e. The van der Waals surface area contributed by atoms with Gasteiger partial charge in [-0.15, -0.1) is 0 Å². The van der Waals surface area contributed by atoms with Crippen LogP contribution in [0.2, 0.25) is 0 Å². The first-order valence-electron chi connectivity index (χ1n) is 12.0. The number of rotatable bonds is 8. The van der Waals surface area contributed by atoms with Gasteiger partial charge in [-0.05, 0) is 50.3 Å². The van der Waals surface area contributed by atoms with Crippen LogP contribution in [0.3, 0.4) is 0 Å². The van der Waals surface area contributed by atoms with Crippen molar-refractivity contribution < 1.29 is 9.18 Å². The van der Waals surface area contributed by atoms with E-state index in [-0.39, 0.29) is 11.5 Å². The summed E-state index contributed by atoms with van der Waals surface area (Å²) in [6.45, 7) is 13.1. The molecule has 1 fully saturated rings. The van der Waals surface area contributed by atoms with Gasteiger partial charge in [-0.25, -0.2) is 9.37 Å². The van der Waals surface area contributed by atoms with Crippen LogP contribution in [0.15, 0.2) is 48.9 Å². The Morgan fingerprint density at radius 2 is 2.14 bits per heavy atom. The first-order chi connectivity index (χ1) is 16.6. The molecule has 0 spiro atoms. The molecule has 1 amide bonds. The minimum absolute atomic E-state index is 0.157. The molecular formula is C26H34FN7O. The van der Waals surface area contributed by atoms with Gasteiger partial charge in [0.15, 0.2) is 11.5 Å². The number of benzene rings is 1. The number of halogens is 1. The molecule has 1 atom stereocenters. The highest BCUT2D eigenvalue weighted by Crippen LogP contribution is 2.26. The zero-order valence-corrected chi connectivity index (χ0v) is 20.8. The predicted molar refractivity (Wildman–Crippen MR) is 138 cm³/mol. The van der Waals surface area contributed by atoms with Crippen molar-refractivity contribution in [1.29, 1.82) is 0 Å². The topological polar surface area (TPSA) is 95.4 Å². The number of nitrogens with one attached hydrogen (secondary N) is 4. The number of aromatic nitrogens is 3. The molecule has 9 heteroatoms. The highest BCUT2D eigenvalue weighted by Gasteiger charge is 2.26. The SMILES string of the molecule is C=C(F)C(=O)Nc1cccc(CNc2cc(N[C@H]3CCC(C)(C)NC3)nc3c(C(C)C)cnn23)c1. The second-order valence-electron chi connectivity index (χ2n) is 10.1. The van der Waals surface area contributed by atoms with E-state index >= 15 is 0 Å². The Kier molecular flexibility index (Phi) is 7.07. The summed E-state index contributed by atoms with van der Waals surface area (Å²) in [5.74, 6) is 0.0198. The van der Waals surface area contributed by atoms with Crippen molar-refractivity contribution in [3.63, 3.8) is 0 Å². The third-order valence-electron chi connectivity index (χ3n) is 6.32. The summed E-state index contributed by atoms with van der Waals surface area (Å²) < 4.78 is 14.9. The van der Waals surface area contributed by atoms with Gasteiger partial charge in [-0.3, -0.25) is 4.79 Å². The van der Waals surface area contributed by atoms with Crippen molar-refractivity contribution in [2.45, 2.75) is 64.6 Å². The van der Waals surface area contributed by atoms with Crippen LogP contribution in [-0.4, -0.2) is 38.6 Å². The van der Waals surface area contributed by atoms with E-state index in [1.54, 1.807) is 12.1 Å². The van der Waals surface area contributed by atoms with E-state index in [2.05, 4.69) is 60.6 Å².